The number of fused-ring (bicyclic) bond motifs is 1. The average molecular weight is 534 g/mol. The smallest absolute Gasteiger partial charge is 0.338 e. The van der Waals surface area contributed by atoms with Gasteiger partial charge in [0.2, 0.25) is 0 Å². The van der Waals surface area contributed by atoms with Crippen LogP contribution in [0.5, 0.6) is 11.5 Å². The minimum absolute atomic E-state index is 0.0758. The highest BCUT2D eigenvalue weighted by Gasteiger charge is 2.37. The third-order valence-corrected chi connectivity index (χ3v) is 6.95. The number of Topliss-reactive ketones (excluding diaryl/α,β-unsaturated/α-hetero) is 1. The van der Waals surface area contributed by atoms with E-state index in [4.69, 9.17) is 9.47 Å². The van der Waals surface area contributed by atoms with Gasteiger partial charge in [0, 0.05) is 5.56 Å². The molecule has 0 aliphatic carbocycles. The molecule has 0 atom stereocenters. The molecule has 0 spiro atoms. The van der Waals surface area contributed by atoms with Crippen molar-refractivity contribution in [1.29, 1.82) is 0 Å². The van der Waals surface area contributed by atoms with E-state index in [1.54, 1.807) is 36.4 Å². The third kappa shape index (κ3) is 5.14. The Morgan fingerprint density at radius 2 is 1.35 bits per heavy atom. The molecule has 0 unspecified atom stereocenters. The van der Waals surface area contributed by atoms with Crippen molar-refractivity contribution in [3.8, 4) is 11.5 Å². The molecule has 1 aliphatic heterocycles. The van der Waals surface area contributed by atoms with Crippen molar-refractivity contribution >= 4 is 29.3 Å². The molecule has 0 bridgehead atoms. The predicted octanol–water partition coefficient (Wildman–Crippen LogP) is 6.55. The zero-order valence-corrected chi connectivity index (χ0v) is 22.6. The highest BCUT2D eigenvalue weighted by molar-refractivity contribution is 6.34. The Labute approximate surface area is 232 Å². The van der Waals surface area contributed by atoms with E-state index in [-0.39, 0.29) is 22.5 Å². The predicted molar refractivity (Wildman–Crippen MR) is 151 cm³/mol. The number of amides is 2. The number of rotatable bonds is 7. The molecule has 1 aliphatic rings. The molecule has 200 valence electrons. The lowest BCUT2D eigenvalue weighted by molar-refractivity contribution is 0.0474. The summed E-state index contributed by atoms with van der Waals surface area (Å²) < 4.78 is 11.2. The lowest BCUT2D eigenvalue weighted by atomic mass is 10.0. The van der Waals surface area contributed by atoms with Crippen molar-refractivity contribution in [1.82, 2.24) is 0 Å². The Hall–Kier alpha value is -5.04. The molecule has 0 aromatic heterocycles. The van der Waals surface area contributed by atoms with Crippen LogP contribution in [0.4, 0.5) is 5.69 Å². The van der Waals surface area contributed by atoms with Gasteiger partial charge < -0.3 is 9.47 Å². The molecule has 0 fully saturated rings. The average Bonchev–Trinajstić information content (AvgIpc) is 3.20. The molecule has 4 aromatic rings. The first-order valence-electron chi connectivity index (χ1n) is 12.8. The number of carbonyl (C=O) groups excluding carboxylic acids is 4. The number of ketones is 1. The summed E-state index contributed by atoms with van der Waals surface area (Å²) in [4.78, 5) is 52.5. The van der Waals surface area contributed by atoms with Gasteiger partial charge in [-0.15, -0.1) is 0 Å². The van der Waals surface area contributed by atoms with E-state index < -0.39 is 24.4 Å². The standard InChI is InChI=1S/C33H27NO6/c1-19-5-6-21(3)30(15-19)40-26-12-10-25(11-13-26)34-31(36)27-14-9-24(17-28(27)32(34)37)33(38)39-18-29(35)23-8-7-20(2)22(4)16-23/h5-17H,18H2,1-4H3. The summed E-state index contributed by atoms with van der Waals surface area (Å²) in [6, 6.07) is 22.0. The number of imide groups is 1. The number of esters is 1. The van der Waals surface area contributed by atoms with Crippen LogP contribution in [0, 0.1) is 27.7 Å². The second-order valence-electron chi connectivity index (χ2n) is 9.87. The van der Waals surface area contributed by atoms with Crippen LogP contribution in [0.1, 0.15) is 63.7 Å². The van der Waals surface area contributed by atoms with Gasteiger partial charge in [-0.25, -0.2) is 9.69 Å². The highest BCUT2D eigenvalue weighted by atomic mass is 16.5. The molecule has 0 radical (unpaired) electrons. The number of anilines is 1. The van der Waals surface area contributed by atoms with Crippen LogP contribution >= 0.6 is 0 Å². The Bertz CT molecular complexity index is 1690. The number of hydrogen-bond donors (Lipinski definition) is 0. The normalized spacial score (nSPS) is 12.3. The fraction of sp³-hybridized carbons (Fsp3) is 0.152. The molecule has 1 heterocycles. The summed E-state index contributed by atoms with van der Waals surface area (Å²) in [5.41, 5.74) is 5.26. The van der Waals surface area contributed by atoms with Crippen LogP contribution in [0.15, 0.2) is 78.9 Å². The van der Waals surface area contributed by atoms with Crippen molar-refractivity contribution in [2.45, 2.75) is 27.7 Å². The number of aryl methyl sites for hydroxylation is 4. The number of hydrogen-bond acceptors (Lipinski definition) is 6. The Balaban J connectivity index is 1.28. The lowest BCUT2D eigenvalue weighted by Gasteiger charge is -2.15. The van der Waals surface area contributed by atoms with E-state index in [2.05, 4.69) is 0 Å². The lowest BCUT2D eigenvalue weighted by Crippen LogP contribution is -2.29. The van der Waals surface area contributed by atoms with E-state index in [1.807, 2.05) is 52.0 Å². The zero-order chi connectivity index (χ0) is 28.6. The van der Waals surface area contributed by atoms with Gasteiger partial charge in [0.05, 0.1) is 22.4 Å². The van der Waals surface area contributed by atoms with E-state index in [9.17, 15) is 19.2 Å². The first kappa shape index (κ1) is 26.6. The number of benzene rings is 4. The second kappa shape index (κ2) is 10.6. The van der Waals surface area contributed by atoms with Gasteiger partial charge in [0.1, 0.15) is 11.5 Å². The van der Waals surface area contributed by atoms with Crippen molar-refractivity contribution in [2.24, 2.45) is 0 Å². The van der Waals surface area contributed by atoms with Gasteiger partial charge in [-0.1, -0.05) is 24.3 Å². The second-order valence-corrected chi connectivity index (χ2v) is 9.87. The SMILES string of the molecule is Cc1ccc(C)c(Oc2ccc(N3C(=O)c4ccc(C(=O)OCC(=O)c5ccc(C)c(C)c5)cc4C3=O)cc2)c1. The Kier molecular flexibility index (Phi) is 7.05. The van der Waals surface area contributed by atoms with Gasteiger partial charge in [0.15, 0.2) is 12.4 Å². The van der Waals surface area contributed by atoms with E-state index in [0.29, 0.717) is 17.0 Å². The molecule has 2 amide bonds. The van der Waals surface area contributed by atoms with Gasteiger partial charge in [-0.05, 0) is 105 Å². The first-order valence-corrected chi connectivity index (χ1v) is 12.8. The van der Waals surface area contributed by atoms with Crippen LogP contribution in [-0.4, -0.2) is 30.2 Å². The van der Waals surface area contributed by atoms with Crippen molar-refractivity contribution in [2.75, 3.05) is 11.5 Å². The number of nitrogens with zero attached hydrogens (tertiary/aromatic N) is 1. The summed E-state index contributed by atoms with van der Waals surface area (Å²) in [5, 5.41) is 0. The fourth-order valence-corrected chi connectivity index (χ4v) is 4.42. The van der Waals surface area contributed by atoms with Crippen molar-refractivity contribution in [3.05, 3.63) is 123 Å². The molecule has 7 nitrogen and oxygen atoms in total. The maximum atomic E-state index is 13.2. The fourth-order valence-electron chi connectivity index (χ4n) is 4.42. The maximum absolute atomic E-state index is 13.2. The highest BCUT2D eigenvalue weighted by Crippen LogP contribution is 2.32. The molecule has 0 saturated heterocycles. The topological polar surface area (TPSA) is 90.0 Å². The first-order chi connectivity index (χ1) is 19.1. The summed E-state index contributed by atoms with van der Waals surface area (Å²) in [7, 11) is 0. The van der Waals surface area contributed by atoms with Crippen LogP contribution in [0.3, 0.4) is 0 Å². The summed E-state index contributed by atoms with van der Waals surface area (Å²) in [6.07, 6.45) is 0. The largest absolute Gasteiger partial charge is 0.457 e. The van der Waals surface area contributed by atoms with E-state index in [0.717, 1.165) is 32.9 Å². The summed E-state index contributed by atoms with van der Waals surface area (Å²) >= 11 is 0. The van der Waals surface area contributed by atoms with Crippen LogP contribution in [-0.2, 0) is 4.74 Å². The van der Waals surface area contributed by atoms with Crippen LogP contribution in [0.2, 0.25) is 0 Å². The molecule has 40 heavy (non-hydrogen) atoms. The van der Waals surface area contributed by atoms with E-state index in [1.165, 1.54) is 18.2 Å². The number of carbonyl (C=O) groups is 4. The summed E-state index contributed by atoms with van der Waals surface area (Å²) in [6.45, 7) is 7.34. The van der Waals surface area contributed by atoms with Crippen molar-refractivity contribution in [3.63, 3.8) is 0 Å². The Morgan fingerprint density at radius 3 is 2.08 bits per heavy atom. The van der Waals surface area contributed by atoms with Gasteiger partial charge in [-0.3, -0.25) is 14.4 Å². The van der Waals surface area contributed by atoms with Gasteiger partial charge in [-0.2, -0.15) is 0 Å². The van der Waals surface area contributed by atoms with Crippen molar-refractivity contribution < 1.29 is 28.7 Å². The Morgan fingerprint density at radius 1 is 0.675 bits per heavy atom. The molecule has 5 rings (SSSR count). The molecular formula is C33H27NO6. The quantitative estimate of drug-likeness (QED) is 0.152. The zero-order valence-electron chi connectivity index (χ0n) is 22.6. The molecule has 0 N–H and O–H groups in total. The third-order valence-electron chi connectivity index (χ3n) is 6.95. The van der Waals surface area contributed by atoms with Gasteiger partial charge in [0.25, 0.3) is 11.8 Å². The number of ether oxygens (including phenoxy) is 2. The molecule has 0 saturated carbocycles. The molecule has 7 heteroatoms. The van der Waals surface area contributed by atoms with Crippen LogP contribution < -0.4 is 9.64 Å². The minimum atomic E-state index is -0.758. The minimum Gasteiger partial charge on any atom is -0.457 e. The molecular weight excluding hydrogens is 506 g/mol. The van der Waals surface area contributed by atoms with E-state index >= 15 is 0 Å². The monoisotopic (exact) mass is 533 g/mol. The molecule has 4 aromatic carbocycles. The van der Waals surface area contributed by atoms with Gasteiger partial charge >= 0.3 is 5.97 Å². The maximum Gasteiger partial charge on any atom is 0.338 e. The van der Waals surface area contributed by atoms with Crippen LogP contribution in [0.25, 0.3) is 0 Å². The summed E-state index contributed by atoms with van der Waals surface area (Å²) in [5.74, 6) is -0.846.